The minimum absolute atomic E-state index is 0.237. The first-order valence-corrected chi connectivity index (χ1v) is 26.2. The Hall–Kier alpha value is -1.46. The summed E-state index contributed by atoms with van der Waals surface area (Å²) in [6, 6.07) is -1.12. The second-order valence-corrected chi connectivity index (χ2v) is 18.6. The zero-order valence-electron chi connectivity index (χ0n) is 38.8. The van der Waals surface area contributed by atoms with Crippen molar-refractivity contribution in [2.45, 2.75) is 262 Å². The third kappa shape index (κ3) is 30.6. The van der Waals surface area contributed by atoms with Crippen LogP contribution in [0.1, 0.15) is 213 Å². The molecule has 0 radical (unpaired) electrons. The van der Waals surface area contributed by atoms with Gasteiger partial charge >= 0.3 is 10.4 Å². The number of unbranched alkanes of at least 4 members (excludes halogenated alkanes) is 27. The van der Waals surface area contributed by atoms with E-state index in [0.29, 0.717) is 12.8 Å². The molecule has 0 spiro atoms. The van der Waals surface area contributed by atoms with Gasteiger partial charge in [0, 0.05) is 0 Å². The summed E-state index contributed by atoms with van der Waals surface area (Å²) in [4.78, 5) is 13.1. The van der Waals surface area contributed by atoms with E-state index in [0.717, 1.165) is 57.8 Å². The molecule has 0 bridgehead atoms. The molecule has 0 aromatic rings. The lowest BCUT2D eigenvalue weighted by molar-refractivity contribution is -0.298. The van der Waals surface area contributed by atoms with Crippen molar-refractivity contribution in [3.05, 3.63) is 24.3 Å². The number of nitrogens with one attached hydrogen (secondary N) is 1. The van der Waals surface area contributed by atoms with Gasteiger partial charge in [0.25, 0.3) is 0 Å². The Labute approximate surface area is 376 Å². The summed E-state index contributed by atoms with van der Waals surface area (Å²) in [6.45, 7) is 3.20. The first-order chi connectivity index (χ1) is 29.9. The molecule has 1 aliphatic heterocycles. The lowest BCUT2D eigenvalue weighted by Crippen LogP contribution is -2.61. The number of amides is 1. The molecule has 0 aromatic carbocycles. The van der Waals surface area contributed by atoms with Crippen LogP contribution in [0.3, 0.4) is 0 Å². The number of carbonyl (C=O) groups excluding carboxylic acids is 1. The summed E-state index contributed by atoms with van der Waals surface area (Å²) in [5.74, 6) is -0.707. The van der Waals surface area contributed by atoms with Gasteiger partial charge in [0.05, 0.1) is 25.4 Å². The maximum atomic E-state index is 13.1. The summed E-state index contributed by atoms with van der Waals surface area (Å²) in [5, 5.41) is 55.2. The zero-order chi connectivity index (χ0) is 45.7. The Morgan fingerprint density at radius 1 is 0.645 bits per heavy atom. The molecule has 1 rings (SSSR count). The molecule has 8 atom stereocenters. The van der Waals surface area contributed by atoms with E-state index in [-0.39, 0.29) is 6.42 Å². The minimum Gasteiger partial charge on any atom is -0.394 e. The van der Waals surface area contributed by atoms with Crippen LogP contribution in [0.5, 0.6) is 0 Å². The van der Waals surface area contributed by atoms with Gasteiger partial charge in [-0.1, -0.05) is 192 Å². The molecule has 7 N–H and O–H groups in total. The van der Waals surface area contributed by atoms with Crippen molar-refractivity contribution in [3.8, 4) is 0 Å². The Balaban J connectivity index is 2.46. The molecule has 14 heteroatoms. The van der Waals surface area contributed by atoms with E-state index >= 15 is 0 Å². The molecule has 0 aliphatic carbocycles. The number of rotatable bonds is 42. The van der Waals surface area contributed by atoms with Crippen LogP contribution in [0.25, 0.3) is 0 Å². The highest BCUT2D eigenvalue weighted by atomic mass is 32.3. The first-order valence-electron chi connectivity index (χ1n) is 24.8. The highest BCUT2D eigenvalue weighted by Gasteiger charge is 2.48. The number of aliphatic hydroxyl groups is 5. The monoisotopic (exact) mass is 906 g/mol. The van der Waals surface area contributed by atoms with Crippen LogP contribution in [0, 0.1) is 0 Å². The first kappa shape index (κ1) is 58.6. The summed E-state index contributed by atoms with van der Waals surface area (Å²) < 4.78 is 47.5. The van der Waals surface area contributed by atoms with Gasteiger partial charge in [-0.3, -0.25) is 9.35 Å². The largest absolute Gasteiger partial charge is 0.397 e. The van der Waals surface area contributed by atoms with E-state index in [4.69, 9.17) is 9.47 Å². The smallest absolute Gasteiger partial charge is 0.394 e. The van der Waals surface area contributed by atoms with Gasteiger partial charge in [0.2, 0.25) is 5.91 Å². The summed E-state index contributed by atoms with van der Waals surface area (Å²) >= 11 is 0. The molecule has 13 nitrogen and oxygen atoms in total. The topological polar surface area (TPSA) is 212 Å². The fourth-order valence-corrected chi connectivity index (χ4v) is 8.38. The maximum Gasteiger partial charge on any atom is 0.397 e. The Bertz CT molecular complexity index is 1220. The van der Waals surface area contributed by atoms with Crippen LogP contribution >= 0.6 is 0 Å². The highest BCUT2D eigenvalue weighted by molar-refractivity contribution is 7.80. The van der Waals surface area contributed by atoms with E-state index in [2.05, 4.69) is 35.5 Å². The SMILES string of the molecule is CCCCCCCCCCC/C=C/C(O)C(COC1OC(CO)C(O)C(OS(=O)(=O)O)C1O)NC(=O)C(O)CCCCCCCC/C=C\CCCCCCCCCCCCCC. The predicted molar refractivity (Wildman–Crippen MR) is 247 cm³/mol. The fraction of sp³-hybridized carbons (Fsp3) is 0.896. The van der Waals surface area contributed by atoms with Crippen molar-refractivity contribution in [2.75, 3.05) is 13.2 Å². The number of ether oxygens (including phenoxy) is 2. The van der Waals surface area contributed by atoms with Crippen molar-refractivity contribution in [1.82, 2.24) is 5.32 Å². The van der Waals surface area contributed by atoms with Gasteiger partial charge in [0.15, 0.2) is 6.29 Å². The molecular formula is C48H91NO12S. The minimum atomic E-state index is -5.12. The van der Waals surface area contributed by atoms with E-state index in [9.17, 15) is 43.3 Å². The zero-order valence-corrected chi connectivity index (χ0v) is 39.6. The van der Waals surface area contributed by atoms with Gasteiger partial charge in [-0.05, 0) is 44.9 Å². The van der Waals surface area contributed by atoms with Crippen molar-refractivity contribution in [1.29, 1.82) is 0 Å². The van der Waals surface area contributed by atoms with E-state index < -0.39 is 78.5 Å². The summed E-state index contributed by atoms with van der Waals surface area (Å²) in [5.41, 5.74) is 0. The number of allylic oxidation sites excluding steroid dienone is 3. The van der Waals surface area contributed by atoms with Crippen molar-refractivity contribution in [3.63, 3.8) is 0 Å². The molecule has 1 saturated heterocycles. The van der Waals surface area contributed by atoms with Crippen molar-refractivity contribution >= 4 is 16.3 Å². The Kier molecular flexibility index (Phi) is 36.6. The third-order valence-corrected chi connectivity index (χ3v) is 12.3. The predicted octanol–water partition coefficient (Wildman–Crippen LogP) is 9.08. The van der Waals surface area contributed by atoms with Crippen LogP contribution < -0.4 is 5.32 Å². The molecule has 0 aromatic heterocycles. The maximum absolute atomic E-state index is 13.1. The molecular weight excluding hydrogens is 815 g/mol. The molecule has 1 aliphatic rings. The number of hydrogen-bond acceptors (Lipinski definition) is 11. The van der Waals surface area contributed by atoms with Gasteiger partial charge in [-0.15, -0.1) is 0 Å². The van der Waals surface area contributed by atoms with Gasteiger partial charge < -0.3 is 40.3 Å². The van der Waals surface area contributed by atoms with Gasteiger partial charge in [-0.2, -0.15) is 8.42 Å². The molecule has 62 heavy (non-hydrogen) atoms. The number of carbonyl (C=O) groups is 1. The second kappa shape index (κ2) is 38.8. The highest BCUT2D eigenvalue weighted by Crippen LogP contribution is 2.26. The standard InChI is InChI=1S/C48H91NO12S/c1-3-5-7-9-11-13-15-16-17-18-19-20-21-22-23-24-25-27-29-31-33-35-37-42(52)47(55)49-40(41(51)36-34-32-30-28-26-14-12-10-8-6-4-2)39-59-48-45(54)46(61-62(56,57)58)44(53)43(38-50)60-48/h22-23,34,36,40-46,48,50-54H,3-21,24-33,35,37-39H2,1-2H3,(H,49,55)(H,56,57,58)/b23-22-,36-34+. The van der Waals surface area contributed by atoms with Crippen LogP contribution in [0.4, 0.5) is 0 Å². The van der Waals surface area contributed by atoms with Crippen LogP contribution in [0.2, 0.25) is 0 Å². The lowest BCUT2D eigenvalue weighted by Gasteiger charge is -2.41. The Morgan fingerprint density at radius 2 is 1.06 bits per heavy atom. The molecule has 8 unspecified atom stereocenters. The molecule has 1 heterocycles. The van der Waals surface area contributed by atoms with E-state index in [1.54, 1.807) is 0 Å². The number of aliphatic hydroxyl groups excluding tert-OH is 5. The van der Waals surface area contributed by atoms with Crippen LogP contribution in [-0.4, -0.2) is 107 Å². The quantitative estimate of drug-likeness (QED) is 0.0174. The average Bonchev–Trinajstić information content (AvgIpc) is 3.24. The molecule has 0 saturated carbocycles. The Morgan fingerprint density at radius 3 is 1.50 bits per heavy atom. The normalized spacial score (nSPS) is 21.2. The summed E-state index contributed by atoms with van der Waals surface area (Å²) in [7, 11) is -5.12. The van der Waals surface area contributed by atoms with Gasteiger partial charge in [0.1, 0.15) is 30.5 Å². The van der Waals surface area contributed by atoms with Gasteiger partial charge in [-0.25, -0.2) is 4.18 Å². The van der Waals surface area contributed by atoms with E-state index in [1.165, 1.54) is 128 Å². The summed E-state index contributed by atoms with van der Waals surface area (Å²) in [6.07, 6.45) is 32.7. The van der Waals surface area contributed by atoms with Crippen LogP contribution in [-0.2, 0) is 28.9 Å². The lowest BCUT2D eigenvalue weighted by atomic mass is 9.99. The second-order valence-electron chi connectivity index (χ2n) is 17.5. The van der Waals surface area contributed by atoms with Crippen molar-refractivity contribution < 1.29 is 57.0 Å². The molecule has 1 fully saturated rings. The molecule has 1 amide bonds. The number of hydrogen-bond donors (Lipinski definition) is 7. The van der Waals surface area contributed by atoms with E-state index in [1.807, 2.05) is 6.08 Å². The van der Waals surface area contributed by atoms with Crippen molar-refractivity contribution in [2.24, 2.45) is 0 Å². The fourth-order valence-electron chi connectivity index (χ4n) is 7.87. The average molecular weight is 906 g/mol. The molecule has 366 valence electrons. The third-order valence-electron chi connectivity index (χ3n) is 11.8. The van der Waals surface area contributed by atoms with Crippen LogP contribution in [0.15, 0.2) is 24.3 Å².